The van der Waals surface area contributed by atoms with Gasteiger partial charge >= 0.3 is 0 Å². The van der Waals surface area contributed by atoms with Crippen LogP contribution in [0.4, 0.5) is 23.2 Å². The van der Waals surface area contributed by atoms with E-state index in [2.05, 4.69) is 10.4 Å². The highest BCUT2D eigenvalue weighted by Gasteiger charge is 2.29. The van der Waals surface area contributed by atoms with Gasteiger partial charge in [0.25, 0.3) is 5.91 Å². The van der Waals surface area contributed by atoms with E-state index in [1.807, 2.05) is 6.92 Å². The number of aromatic nitrogens is 2. The monoisotopic (exact) mass is 488 g/mol. The van der Waals surface area contributed by atoms with Gasteiger partial charge in [0.05, 0.1) is 11.4 Å². The Hall–Kier alpha value is -3.69. The maximum absolute atomic E-state index is 14.0. The van der Waals surface area contributed by atoms with E-state index < -0.39 is 41.5 Å². The zero-order valence-electron chi connectivity index (χ0n) is 19.1. The molecule has 1 aliphatic rings. The lowest BCUT2D eigenvalue weighted by Gasteiger charge is -2.22. The number of carbonyl (C=O) groups excluding carboxylic acids is 2. The Bertz CT molecular complexity index is 1260. The molecule has 3 aromatic rings. The average molecular weight is 488 g/mol. The Labute approximate surface area is 199 Å². The predicted octanol–water partition coefficient (Wildman–Crippen LogP) is 4.80. The van der Waals surface area contributed by atoms with Gasteiger partial charge in [0.2, 0.25) is 5.91 Å². The second-order valence-electron chi connectivity index (χ2n) is 8.37. The van der Waals surface area contributed by atoms with Crippen LogP contribution in [0.1, 0.15) is 47.9 Å². The number of anilines is 1. The molecular weight excluding hydrogens is 464 g/mol. The number of amides is 2. The van der Waals surface area contributed by atoms with Crippen LogP contribution in [0.15, 0.2) is 36.4 Å². The van der Waals surface area contributed by atoms with Crippen molar-refractivity contribution < 1.29 is 27.2 Å². The molecule has 2 aromatic carbocycles. The first-order valence-corrected chi connectivity index (χ1v) is 11.4. The molecule has 0 bridgehead atoms. The summed E-state index contributed by atoms with van der Waals surface area (Å²) in [5.74, 6) is -6.19. The van der Waals surface area contributed by atoms with Crippen molar-refractivity contribution >= 4 is 17.5 Å². The third kappa shape index (κ3) is 5.06. The quantitative estimate of drug-likeness (QED) is 0.384. The first-order valence-electron chi connectivity index (χ1n) is 11.4. The smallest absolute Gasteiger partial charge is 0.275 e. The molecule has 1 N–H and O–H groups in total. The zero-order valence-corrected chi connectivity index (χ0v) is 19.1. The van der Waals surface area contributed by atoms with Crippen LogP contribution in [0, 0.1) is 23.3 Å². The Kier molecular flexibility index (Phi) is 7.18. The number of fused-ring (bicyclic) bond motifs is 1. The molecule has 0 saturated heterocycles. The molecule has 6 nitrogen and oxygen atoms in total. The molecule has 2 amide bonds. The number of halogens is 4. The molecule has 0 saturated carbocycles. The highest BCUT2D eigenvalue weighted by Crippen LogP contribution is 2.28. The van der Waals surface area contributed by atoms with Gasteiger partial charge in [-0.05, 0) is 68.5 Å². The summed E-state index contributed by atoms with van der Waals surface area (Å²) in [5.41, 5.74) is 1.98. The number of rotatable bonds is 7. The Morgan fingerprint density at radius 3 is 2.43 bits per heavy atom. The van der Waals surface area contributed by atoms with E-state index in [0.717, 1.165) is 30.2 Å². The molecule has 1 aliphatic carbocycles. The largest absolute Gasteiger partial charge is 0.328 e. The summed E-state index contributed by atoms with van der Waals surface area (Å²) in [4.78, 5) is 27.4. The van der Waals surface area contributed by atoms with Crippen molar-refractivity contribution in [2.45, 2.75) is 39.0 Å². The van der Waals surface area contributed by atoms with E-state index in [1.165, 1.54) is 17.0 Å². The molecule has 35 heavy (non-hydrogen) atoms. The van der Waals surface area contributed by atoms with E-state index in [-0.39, 0.29) is 18.1 Å². The van der Waals surface area contributed by atoms with Gasteiger partial charge in [0.15, 0.2) is 23.1 Å². The zero-order chi connectivity index (χ0) is 25.1. The summed E-state index contributed by atoms with van der Waals surface area (Å²) in [6.45, 7) is 1.63. The fourth-order valence-corrected chi connectivity index (χ4v) is 4.22. The van der Waals surface area contributed by atoms with Crippen LogP contribution < -0.4 is 5.32 Å². The maximum atomic E-state index is 14.0. The molecule has 4 rings (SSSR count). The lowest BCUT2D eigenvalue weighted by molar-refractivity contribution is -0.116. The second kappa shape index (κ2) is 10.3. The van der Waals surface area contributed by atoms with Crippen LogP contribution in [-0.2, 0) is 17.6 Å². The van der Waals surface area contributed by atoms with Crippen LogP contribution in [0.3, 0.4) is 0 Å². The number of hydrogen-bond acceptors (Lipinski definition) is 3. The molecule has 10 heteroatoms. The van der Waals surface area contributed by atoms with E-state index in [4.69, 9.17) is 0 Å². The predicted molar refractivity (Wildman–Crippen MR) is 121 cm³/mol. The van der Waals surface area contributed by atoms with Gasteiger partial charge in [-0.3, -0.25) is 9.59 Å². The minimum Gasteiger partial charge on any atom is -0.328 e. The van der Waals surface area contributed by atoms with Crippen LogP contribution in [-0.4, -0.2) is 39.6 Å². The van der Waals surface area contributed by atoms with E-state index in [0.29, 0.717) is 31.0 Å². The Balaban J connectivity index is 1.60. The minimum atomic E-state index is -1.69. The van der Waals surface area contributed by atoms with Crippen molar-refractivity contribution in [2.75, 3.05) is 18.4 Å². The normalized spacial score (nSPS) is 12.8. The highest BCUT2D eigenvalue weighted by molar-refractivity contribution is 5.99. The summed E-state index contributed by atoms with van der Waals surface area (Å²) < 4.78 is 55.7. The molecule has 0 unspecified atom stereocenters. The van der Waals surface area contributed by atoms with Crippen LogP contribution >= 0.6 is 0 Å². The van der Waals surface area contributed by atoms with Crippen LogP contribution in [0.2, 0.25) is 0 Å². The molecule has 0 aliphatic heterocycles. The average Bonchev–Trinajstić information content (AvgIpc) is 3.24. The molecule has 0 spiro atoms. The molecule has 1 heterocycles. The molecule has 1 aromatic heterocycles. The van der Waals surface area contributed by atoms with E-state index in [9.17, 15) is 27.2 Å². The lowest BCUT2D eigenvalue weighted by atomic mass is 9.95. The van der Waals surface area contributed by atoms with Crippen molar-refractivity contribution in [1.82, 2.24) is 14.7 Å². The second-order valence-corrected chi connectivity index (χ2v) is 8.37. The van der Waals surface area contributed by atoms with E-state index >= 15 is 0 Å². The van der Waals surface area contributed by atoms with Gasteiger partial charge in [0.1, 0.15) is 12.4 Å². The summed E-state index contributed by atoms with van der Waals surface area (Å²) in [7, 11) is 0. The lowest BCUT2D eigenvalue weighted by Crippen LogP contribution is -2.39. The third-order valence-corrected chi connectivity index (χ3v) is 5.88. The first kappa shape index (κ1) is 24.4. The standard InChI is InChI=1S/C25H24F4N4O2/c1-2-13-32(14-21(34)30-19-12-11-18(27)22(28)23(19)29)25(35)24-17-5-3-4-6-20(17)33(31-24)16-9-7-15(26)8-10-16/h7-12H,2-6,13-14H2,1H3,(H,30,34). The van der Waals surface area contributed by atoms with E-state index in [1.54, 1.807) is 16.8 Å². The number of carbonyl (C=O) groups is 2. The number of hydrogen-bond donors (Lipinski definition) is 1. The minimum absolute atomic E-state index is 0.212. The summed E-state index contributed by atoms with van der Waals surface area (Å²) in [6.07, 6.45) is 3.69. The molecule has 0 fully saturated rings. The Morgan fingerprint density at radius 2 is 1.71 bits per heavy atom. The van der Waals surface area contributed by atoms with Crippen molar-refractivity contribution in [3.05, 3.63) is 76.6 Å². The third-order valence-electron chi connectivity index (χ3n) is 5.88. The summed E-state index contributed by atoms with van der Waals surface area (Å²) in [5, 5.41) is 6.74. The fourth-order valence-electron chi connectivity index (χ4n) is 4.22. The molecule has 0 radical (unpaired) electrons. The Morgan fingerprint density at radius 1 is 1.00 bits per heavy atom. The van der Waals surface area contributed by atoms with Crippen molar-refractivity contribution in [3.8, 4) is 5.69 Å². The van der Waals surface area contributed by atoms with Gasteiger partial charge < -0.3 is 10.2 Å². The molecule has 0 atom stereocenters. The molecular formula is C25H24F4N4O2. The number of nitrogens with one attached hydrogen (secondary N) is 1. The maximum Gasteiger partial charge on any atom is 0.275 e. The van der Waals surface area contributed by atoms with Gasteiger partial charge in [0, 0.05) is 17.8 Å². The van der Waals surface area contributed by atoms with Gasteiger partial charge in [-0.25, -0.2) is 22.2 Å². The van der Waals surface area contributed by atoms with Gasteiger partial charge in [-0.15, -0.1) is 0 Å². The highest BCUT2D eigenvalue weighted by atomic mass is 19.2. The van der Waals surface area contributed by atoms with Crippen LogP contribution in [0.25, 0.3) is 5.69 Å². The first-order chi connectivity index (χ1) is 16.8. The molecule has 184 valence electrons. The summed E-state index contributed by atoms with van der Waals surface area (Å²) >= 11 is 0. The summed E-state index contributed by atoms with van der Waals surface area (Å²) in [6, 6.07) is 7.42. The SMILES string of the molecule is CCCN(CC(=O)Nc1ccc(F)c(F)c1F)C(=O)c1nn(-c2ccc(F)cc2)c2c1CCCC2. The fraction of sp³-hybridized carbons (Fsp3) is 0.320. The van der Waals surface area contributed by atoms with Gasteiger partial charge in [-0.1, -0.05) is 6.92 Å². The van der Waals surface area contributed by atoms with Crippen molar-refractivity contribution in [3.63, 3.8) is 0 Å². The number of benzene rings is 2. The van der Waals surface area contributed by atoms with Crippen molar-refractivity contribution in [2.24, 2.45) is 0 Å². The number of nitrogens with zero attached hydrogens (tertiary/aromatic N) is 3. The van der Waals surface area contributed by atoms with Crippen LogP contribution in [0.5, 0.6) is 0 Å². The topological polar surface area (TPSA) is 67.2 Å². The van der Waals surface area contributed by atoms with Crippen molar-refractivity contribution in [1.29, 1.82) is 0 Å². The van der Waals surface area contributed by atoms with Gasteiger partial charge in [-0.2, -0.15) is 5.10 Å².